The third kappa shape index (κ3) is 3.02. The number of nitrogens with one attached hydrogen (secondary N) is 1. The smallest absolute Gasteiger partial charge is 0.0481 e. The first-order valence-electron chi connectivity index (χ1n) is 8.73. The summed E-state index contributed by atoms with van der Waals surface area (Å²) in [5, 5.41) is 3.76. The fourth-order valence-corrected chi connectivity index (χ4v) is 4.19. The van der Waals surface area contributed by atoms with Crippen LogP contribution >= 0.6 is 0 Å². The third-order valence-corrected chi connectivity index (χ3v) is 5.60. The summed E-state index contributed by atoms with van der Waals surface area (Å²) in [5.74, 6) is 1.62. The molecule has 0 aliphatic heterocycles. The molecular weight excluding hydrogens is 256 g/mol. The maximum Gasteiger partial charge on any atom is 0.0481 e. The van der Waals surface area contributed by atoms with Crippen LogP contribution in [0.25, 0.3) is 0 Å². The summed E-state index contributed by atoms with van der Waals surface area (Å²) in [6, 6.07) is 10.2. The van der Waals surface area contributed by atoms with Crippen molar-refractivity contribution in [3.05, 3.63) is 35.4 Å². The topological polar surface area (TPSA) is 15.3 Å². The molecule has 3 rings (SSSR count). The van der Waals surface area contributed by atoms with Crippen LogP contribution in [0.1, 0.15) is 62.6 Å². The van der Waals surface area contributed by atoms with Crippen molar-refractivity contribution in [2.45, 2.75) is 57.5 Å². The largest absolute Gasteiger partial charge is 0.309 e. The second-order valence-electron chi connectivity index (χ2n) is 7.10. The van der Waals surface area contributed by atoms with Crippen LogP contribution in [0, 0.1) is 5.92 Å². The third-order valence-electron chi connectivity index (χ3n) is 5.60. The number of fused-ring (bicyclic) bond motifs is 1. The molecule has 0 spiro atoms. The second kappa shape index (κ2) is 6.50. The standard InChI is InChI=1S/C19H30N2/c1-4-20-19-17-11-6-5-10-16(17)14(2)12-18(19)21(3)13-15-8-7-9-15/h5-6,10-11,14-15,18-20H,4,7-9,12-13H2,1-3H3. The Morgan fingerprint density at radius 1 is 1.19 bits per heavy atom. The van der Waals surface area contributed by atoms with E-state index in [1.54, 1.807) is 5.56 Å². The fourth-order valence-electron chi connectivity index (χ4n) is 4.19. The molecule has 2 aliphatic carbocycles. The normalized spacial score (nSPS) is 29.2. The minimum absolute atomic E-state index is 0.493. The summed E-state index contributed by atoms with van der Waals surface area (Å²) in [4.78, 5) is 2.64. The summed E-state index contributed by atoms with van der Waals surface area (Å²) in [7, 11) is 2.34. The molecular formula is C19H30N2. The highest BCUT2D eigenvalue weighted by Gasteiger charge is 2.35. The molecule has 0 radical (unpaired) electrons. The van der Waals surface area contributed by atoms with Gasteiger partial charge in [-0.1, -0.05) is 44.5 Å². The average Bonchev–Trinajstić information content (AvgIpc) is 2.45. The second-order valence-corrected chi connectivity index (χ2v) is 7.10. The van der Waals surface area contributed by atoms with Crippen LogP contribution in [0.15, 0.2) is 24.3 Å². The van der Waals surface area contributed by atoms with Gasteiger partial charge in [0, 0.05) is 18.6 Å². The van der Waals surface area contributed by atoms with Crippen LogP contribution < -0.4 is 5.32 Å². The minimum atomic E-state index is 0.493. The predicted molar refractivity (Wildman–Crippen MR) is 89.7 cm³/mol. The number of hydrogen-bond donors (Lipinski definition) is 1. The molecule has 116 valence electrons. The lowest BCUT2D eigenvalue weighted by Crippen LogP contribution is -2.48. The van der Waals surface area contributed by atoms with E-state index in [0.29, 0.717) is 18.0 Å². The van der Waals surface area contributed by atoms with Gasteiger partial charge >= 0.3 is 0 Å². The van der Waals surface area contributed by atoms with Gasteiger partial charge in [0.1, 0.15) is 0 Å². The van der Waals surface area contributed by atoms with Crippen molar-refractivity contribution in [2.24, 2.45) is 5.92 Å². The van der Waals surface area contributed by atoms with Gasteiger partial charge in [0.15, 0.2) is 0 Å². The van der Waals surface area contributed by atoms with E-state index in [1.807, 2.05) is 0 Å². The predicted octanol–water partition coefficient (Wildman–Crippen LogP) is 3.94. The molecule has 1 N–H and O–H groups in total. The lowest BCUT2D eigenvalue weighted by Gasteiger charge is -2.44. The van der Waals surface area contributed by atoms with Gasteiger partial charge < -0.3 is 10.2 Å². The maximum absolute atomic E-state index is 3.76. The molecule has 1 saturated carbocycles. The van der Waals surface area contributed by atoms with Crippen molar-refractivity contribution in [1.29, 1.82) is 0 Å². The lowest BCUT2D eigenvalue weighted by atomic mass is 9.76. The van der Waals surface area contributed by atoms with E-state index in [4.69, 9.17) is 0 Å². The van der Waals surface area contributed by atoms with Gasteiger partial charge in [0.25, 0.3) is 0 Å². The molecule has 1 fully saturated rings. The quantitative estimate of drug-likeness (QED) is 0.882. The molecule has 2 heteroatoms. The monoisotopic (exact) mass is 286 g/mol. The first kappa shape index (κ1) is 15.1. The first-order chi connectivity index (χ1) is 10.2. The maximum atomic E-state index is 3.76. The fraction of sp³-hybridized carbons (Fsp3) is 0.684. The van der Waals surface area contributed by atoms with Crippen LogP contribution in [-0.4, -0.2) is 31.1 Å². The first-order valence-corrected chi connectivity index (χ1v) is 8.73. The summed E-state index contributed by atoms with van der Waals surface area (Å²) >= 11 is 0. The van der Waals surface area contributed by atoms with E-state index >= 15 is 0 Å². The molecule has 21 heavy (non-hydrogen) atoms. The Labute approximate surface area is 129 Å². The summed E-state index contributed by atoms with van der Waals surface area (Å²) in [5.41, 5.74) is 3.08. The Bertz CT molecular complexity index is 466. The summed E-state index contributed by atoms with van der Waals surface area (Å²) in [6.45, 7) is 6.94. The van der Waals surface area contributed by atoms with E-state index < -0.39 is 0 Å². The van der Waals surface area contributed by atoms with Crippen LogP contribution in [0.3, 0.4) is 0 Å². The van der Waals surface area contributed by atoms with Crippen molar-refractivity contribution in [3.63, 3.8) is 0 Å². The van der Waals surface area contributed by atoms with E-state index in [9.17, 15) is 0 Å². The van der Waals surface area contributed by atoms with Crippen LogP contribution in [-0.2, 0) is 0 Å². The van der Waals surface area contributed by atoms with Gasteiger partial charge in [-0.2, -0.15) is 0 Å². The zero-order chi connectivity index (χ0) is 14.8. The van der Waals surface area contributed by atoms with Gasteiger partial charge in [0.05, 0.1) is 0 Å². The van der Waals surface area contributed by atoms with Crippen LogP contribution in [0.4, 0.5) is 0 Å². The molecule has 3 atom stereocenters. The molecule has 1 aromatic carbocycles. The SMILES string of the molecule is CCNC1c2ccccc2C(C)CC1N(C)CC1CCC1. The van der Waals surface area contributed by atoms with Crippen molar-refractivity contribution in [3.8, 4) is 0 Å². The van der Waals surface area contributed by atoms with E-state index in [0.717, 1.165) is 12.5 Å². The van der Waals surface area contributed by atoms with Gasteiger partial charge in [0.2, 0.25) is 0 Å². The van der Waals surface area contributed by atoms with Crippen molar-refractivity contribution < 1.29 is 0 Å². The zero-order valence-corrected chi connectivity index (χ0v) is 13.8. The number of nitrogens with zero attached hydrogens (tertiary/aromatic N) is 1. The van der Waals surface area contributed by atoms with Gasteiger partial charge in [-0.3, -0.25) is 0 Å². The van der Waals surface area contributed by atoms with E-state index in [-0.39, 0.29) is 0 Å². The van der Waals surface area contributed by atoms with Crippen LogP contribution in [0.2, 0.25) is 0 Å². The average molecular weight is 286 g/mol. The van der Waals surface area contributed by atoms with E-state index in [1.165, 1.54) is 37.8 Å². The Morgan fingerprint density at radius 3 is 2.52 bits per heavy atom. The molecule has 2 nitrogen and oxygen atoms in total. The highest BCUT2D eigenvalue weighted by molar-refractivity contribution is 5.36. The molecule has 0 saturated heterocycles. The highest BCUT2D eigenvalue weighted by atomic mass is 15.2. The Balaban J connectivity index is 1.82. The minimum Gasteiger partial charge on any atom is -0.309 e. The molecule has 3 unspecified atom stereocenters. The van der Waals surface area contributed by atoms with Crippen molar-refractivity contribution >= 4 is 0 Å². The summed E-state index contributed by atoms with van der Waals surface area (Å²) in [6.07, 6.45) is 5.60. The Hall–Kier alpha value is -0.860. The number of likely N-dealkylation sites (N-methyl/N-ethyl adjacent to an activating group) is 2. The zero-order valence-electron chi connectivity index (χ0n) is 13.8. The lowest BCUT2D eigenvalue weighted by molar-refractivity contribution is 0.118. The van der Waals surface area contributed by atoms with E-state index in [2.05, 4.69) is 55.4 Å². The number of hydrogen-bond acceptors (Lipinski definition) is 2. The number of rotatable bonds is 5. The number of benzene rings is 1. The molecule has 0 aromatic heterocycles. The highest BCUT2D eigenvalue weighted by Crippen LogP contribution is 2.40. The molecule has 0 heterocycles. The molecule has 1 aromatic rings. The van der Waals surface area contributed by atoms with Gasteiger partial charge in [-0.15, -0.1) is 0 Å². The summed E-state index contributed by atoms with van der Waals surface area (Å²) < 4.78 is 0. The van der Waals surface area contributed by atoms with Crippen LogP contribution in [0.5, 0.6) is 0 Å². The van der Waals surface area contributed by atoms with Gasteiger partial charge in [-0.05, 0) is 55.8 Å². The Kier molecular flexibility index (Phi) is 4.66. The Morgan fingerprint density at radius 2 is 1.90 bits per heavy atom. The van der Waals surface area contributed by atoms with Gasteiger partial charge in [-0.25, -0.2) is 0 Å². The molecule has 0 amide bonds. The molecule has 0 bridgehead atoms. The van der Waals surface area contributed by atoms with Crippen molar-refractivity contribution in [1.82, 2.24) is 10.2 Å². The van der Waals surface area contributed by atoms with Crippen molar-refractivity contribution in [2.75, 3.05) is 20.1 Å². The molecule has 2 aliphatic rings.